The van der Waals surface area contributed by atoms with Crippen molar-refractivity contribution >= 4 is 5.97 Å². The van der Waals surface area contributed by atoms with E-state index < -0.39 is 34.6 Å². The molecule has 104 valence electrons. The number of rotatable bonds is 2. The zero-order chi connectivity index (χ0) is 14.9. The largest absolute Gasteiger partial charge is 0.506 e. The minimum absolute atomic E-state index is 0.0976. The van der Waals surface area contributed by atoms with Crippen LogP contribution >= 0.6 is 0 Å². The van der Waals surface area contributed by atoms with Crippen LogP contribution in [0, 0.1) is 0 Å². The second-order valence-corrected chi connectivity index (χ2v) is 4.05. The topological polar surface area (TPSA) is 57.5 Å². The highest BCUT2D eigenvalue weighted by atomic mass is 19.4. The molecule has 0 aliphatic rings. The van der Waals surface area contributed by atoms with Gasteiger partial charge in [-0.25, -0.2) is 4.79 Å². The normalized spacial score (nSPS) is 11.3. The Morgan fingerprint density at radius 2 is 1.60 bits per heavy atom. The Hall–Kier alpha value is -2.50. The van der Waals surface area contributed by atoms with Gasteiger partial charge in [0.2, 0.25) is 0 Å². The lowest BCUT2D eigenvalue weighted by Gasteiger charge is -2.16. The molecule has 0 unspecified atom stereocenters. The Morgan fingerprint density at radius 3 is 2.10 bits per heavy atom. The van der Waals surface area contributed by atoms with Gasteiger partial charge in [0.05, 0.1) is 5.56 Å². The van der Waals surface area contributed by atoms with Gasteiger partial charge in [0.25, 0.3) is 0 Å². The third kappa shape index (κ3) is 2.45. The summed E-state index contributed by atoms with van der Waals surface area (Å²) in [6.07, 6.45) is -4.69. The molecule has 6 heteroatoms. The van der Waals surface area contributed by atoms with Crippen LogP contribution in [0.1, 0.15) is 15.9 Å². The molecule has 2 rings (SSSR count). The van der Waals surface area contributed by atoms with Gasteiger partial charge in [-0.2, -0.15) is 13.2 Å². The predicted molar refractivity (Wildman–Crippen MR) is 65.5 cm³/mol. The number of aromatic hydroxyl groups is 1. The molecule has 0 amide bonds. The Morgan fingerprint density at radius 1 is 1.00 bits per heavy atom. The first kappa shape index (κ1) is 13.9. The fourth-order valence-electron chi connectivity index (χ4n) is 1.90. The van der Waals surface area contributed by atoms with Gasteiger partial charge in [-0.3, -0.25) is 0 Å². The van der Waals surface area contributed by atoms with Crippen molar-refractivity contribution in [3.05, 3.63) is 53.6 Å². The molecule has 0 aliphatic carbocycles. The molecule has 0 saturated carbocycles. The number of aromatic carboxylic acids is 1. The van der Waals surface area contributed by atoms with Gasteiger partial charge in [0.1, 0.15) is 11.3 Å². The molecule has 0 heterocycles. The van der Waals surface area contributed by atoms with E-state index in [-0.39, 0.29) is 5.56 Å². The molecule has 0 bridgehead atoms. The standard InChI is InChI=1S/C14H9F3O3/c15-14(16,17)10-7-6-9(13(19)20)12(18)11(10)8-4-2-1-3-5-8/h1-7,18H,(H,19,20). The number of carboxylic acid groups (broad SMARTS) is 1. The van der Waals surface area contributed by atoms with E-state index in [9.17, 15) is 23.1 Å². The fraction of sp³-hybridized carbons (Fsp3) is 0.0714. The Bertz CT molecular complexity index is 649. The van der Waals surface area contributed by atoms with Crippen LogP contribution in [0.5, 0.6) is 5.75 Å². The molecule has 2 aromatic carbocycles. The van der Waals surface area contributed by atoms with Crippen molar-refractivity contribution in [1.29, 1.82) is 0 Å². The summed E-state index contributed by atoms with van der Waals surface area (Å²) in [5, 5.41) is 18.8. The van der Waals surface area contributed by atoms with Crippen LogP contribution in [0.15, 0.2) is 42.5 Å². The molecular weight excluding hydrogens is 273 g/mol. The number of halogens is 3. The van der Waals surface area contributed by atoms with E-state index in [0.717, 1.165) is 6.07 Å². The Balaban J connectivity index is 2.80. The number of hydrogen-bond donors (Lipinski definition) is 2. The second kappa shape index (κ2) is 4.88. The third-order valence-electron chi connectivity index (χ3n) is 2.78. The number of carboxylic acids is 1. The maximum Gasteiger partial charge on any atom is 0.417 e. The first-order valence-electron chi connectivity index (χ1n) is 5.54. The molecule has 2 N–H and O–H groups in total. The molecule has 0 atom stereocenters. The van der Waals surface area contributed by atoms with Crippen LogP contribution in [0.25, 0.3) is 11.1 Å². The van der Waals surface area contributed by atoms with Crippen LogP contribution < -0.4 is 0 Å². The second-order valence-electron chi connectivity index (χ2n) is 4.05. The van der Waals surface area contributed by atoms with Crippen molar-refractivity contribution < 1.29 is 28.2 Å². The first-order chi connectivity index (χ1) is 9.32. The summed E-state index contributed by atoms with van der Waals surface area (Å²) in [7, 11) is 0. The van der Waals surface area contributed by atoms with Gasteiger partial charge in [-0.1, -0.05) is 30.3 Å². The average molecular weight is 282 g/mol. The van der Waals surface area contributed by atoms with Crippen molar-refractivity contribution in [1.82, 2.24) is 0 Å². The van der Waals surface area contributed by atoms with E-state index >= 15 is 0 Å². The van der Waals surface area contributed by atoms with E-state index in [0.29, 0.717) is 6.07 Å². The maximum atomic E-state index is 13.0. The van der Waals surface area contributed by atoms with E-state index in [4.69, 9.17) is 5.11 Å². The lowest BCUT2D eigenvalue weighted by Crippen LogP contribution is -2.09. The molecule has 0 saturated heterocycles. The molecule has 0 radical (unpaired) electrons. The van der Waals surface area contributed by atoms with Crippen molar-refractivity contribution in [2.45, 2.75) is 6.18 Å². The fourth-order valence-corrected chi connectivity index (χ4v) is 1.90. The summed E-state index contributed by atoms with van der Waals surface area (Å²) in [4.78, 5) is 10.9. The van der Waals surface area contributed by atoms with Gasteiger partial charge in [-0.05, 0) is 17.7 Å². The summed E-state index contributed by atoms with van der Waals surface area (Å²) < 4.78 is 39.0. The summed E-state index contributed by atoms with van der Waals surface area (Å²) in [6, 6.07) is 8.75. The van der Waals surface area contributed by atoms with Crippen LogP contribution in [0.4, 0.5) is 13.2 Å². The van der Waals surface area contributed by atoms with Crippen LogP contribution in [0.3, 0.4) is 0 Å². The van der Waals surface area contributed by atoms with Crippen LogP contribution in [-0.4, -0.2) is 16.2 Å². The number of carbonyl (C=O) groups is 1. The van der Waals surface area contributed by atoms with Crippen molar-refractivity contribution in [2.75, 3.05) is 0 Å². The lowest BCUT2D eigenvalue weighted by atomic mass is 9.95. The number of hydrogen-bond acceptors (Lipinski definition) is 2. The highest BCUT2D eigenvalue weighted by molar-refractivity contribution is 5.95. The molecule has 3 nitrogen and oxygen atoms in total. The highest BCUT2D eigenvalue weighted by Gasteiger charge is 2.36. The van der Waals surface area contributed by atoms with Crippen molar-refractivity contribution in [3.8, 4) is 16.9 Å². The molecule has 0 spiro atoms. The van der Waals surface area contributed by atoms with Gasteiger partial charge >= 0.3 is 12.1 Å². The summed E-state index contributed by atoms with van der Waals surface area (Å²) in [5.41, 5.74) is -2.08. The van der Waals surface area contributed by atoms with Gasteiger partial charge < -0.3 is 10.2 Å². The zero-order valence-electron chi connectivity index (χ0n) is 9.98. The van der Waals surface area contributed by atoms with Gasteiger partial charge in [0, 0.05) is 5.56 Å². The minimum atomic E-state index is -4.69. The number of benzene rings is 2. The summed E-state index contributed by atoms with van der Waals surface area (Å²) in [5.74, 6) is -2.38. The SMILES string of the molecule is O=C(O)c1ccc(C(F)(F)F)c(-c2ccccc2)c1O. The highest BCUT2D eigenvalue weighted by Crippen LogP contribution is 2.43. The Labute approximate surface area is 111 Å². The summed E-state index contributed by atoms with van der Waals surface area (Å²) in [6.45, 7) is 0. The van der Waals surface area contributed by atoms with E-state index in [1.807, 2.05) is 0 Å². The first-order valence-corrected chi connectivity index (χ1v) is 5.54. The third-order valence-corrected chi connectivity index (χ3v) is 2.78. The summed E-state index contributed by atoms with van der Waals surface area (Å²) >= 11 is 0. The molecule has 0 aliphatic heterocycles. The van der Waals surface area contributed by atoms with E-state index in [1.54, 1.807) is 6.07 Å². The van der Waals surface area contributed by atoms with Crippen LogP contribution in [0.2, 0.25) is 0 Å². The van der Waals surface area contributed by atoms with Crippen molar-refractivity contribution in [2.24, 2.45) is 0 Å². The average Bonchev–Trinajstić information content (AvgIpc) is 2.37. The van der Waals surface area contributed by atoms with E-state index in [2.05, 4.69) is 0 Å². The lowest BCUT2D eigenvalue weighted by molar-refractivity contribution is -0.137. The monoisotopic (exact) mass is 282 g/mol. The van der Waals surface area contributed by atoms with Gasteiger partial charge in [0.15, 0.2) is 0 Å². The van der Waals surface area contributed by atoms with Crippen LogP contribution in [-0.2, 0) is 6.18 Å². The maximum absolute atomic E-state index is 13.0. The quantitative estimate of drug-likeness (QED) is 0.881. The zero-order valence-corrected chi connectivity index (χ0v) is 9.98. The molecule has 0 aromatic heterocycles. The van der Waals surface area contributed by atoms with Crippen molar-refractivity contribution in [3.63, 3.8) is 0 Å². The number of phenols is 1. The Kier molecular flexibility index (Phi) is 3.40. The predicted octanol–water partition coefficient (Wildman–Crippen LogP) is 3.78. The van der Waals surface area contributed by atoms with Gasteiger partial charge in [-0.15, -0.1) is 0 Å². The molecule has 2 aromatic rings. The number of alkyl halides is 3. The smallest absolute Gasteiger partial charge is 0.417 e. The minimum Gasteiger partial charge on any atom is -0.506 e. The molecular formula is C14H9F3O3. The molecule has 20 heavy (non-hydrogen) atoms. The van der Waals surface area contributed by atoms with E-state index in [1.165, 1.54) is 24.3 Å². The molecule has 0 fully saturated rings.